The summed E-state index contributed by atoms with van der Waals surface area (Å²) in [5, 5.41) is 26.1. The third-order valence-corrected chi connectivity index (χ3v) is 9.75. The highest BCUT2D eigenvalue weighted by Gasteiger charge is 2.41. The molecule has 2 unspecified atom stereocenters. The van der Waals surface area contributed by atoms with Crippen molar-refractivity contribution in [1.29, 1.82) is 0 Å². The van der Waals surface area contributed by atoms with E-state index >= 15 is 0 Å². The van der Waals surface area contributed by atoms with E-state index in [2.05, 4.69) is 32.4 Å². The Kier molecular flexibility index (Phi) is 8.89. The first kappa shape index (κ1) is 30.6. The van der Waals surface area contributed by atoms with Gasteiger partial charge in [-0.2, -0.15) is 15.0 Å². The summed E-state index contributed by atoms with van der Waals surface area (Å²) in [4.78, 5) is 36.4. The molecule has 2 aromatic carbocycles. The molecule has 0 saturated carbocycles. The van der Waals surface area contributed by atoms with Gasteiger partial charge in [0, 0.05) is 48.8 Å². The third kappa shape index (κ3) is 6.32. The van der Waals surface area contributed by atoms with Crippen molar-refractivity contribution in [2.24, 2.45) is 0 Å². The standard InChI is InChI=1S/C33H43N9O4/c1-39-14-16-40(17-15-39)25-8-6-24(7-9-25)35-33(45)34-23-4-2-22(3-5-23)30-36-31(41-26(18-43)10-11-27(41)19-44)38-32(37-30)42-28-12-13-29(42)21-46-20-28/h2-9,26-29,43-44H,10-21H2,1H3,(H2,34,35,45)/t26-,27+,28?,29?. The van der Waals surface area contributed by atoms with Crippen LogP contribution in [-0.4, -0.2) is 120 Å². The number of urea groups is 1. The van der Waals surface area contributed by atoms with Crippen molar-refractivity contribution in [3.63, 3.8) is 0 Å². The number of carbonyl (C=O) groups excluding carboxylic acids is 1. The number of aliphatic hydroxyl groups excluding tert-OH is 2. The molecule has 3 aromatic rings. The molecule has 7 rings (SSSR count). The molecular weight excluding hydrogens is 586 g/mol. The lowest BCUT2D eigenvalue weighted by molar-refractivity contribution is 0.0897. The smallest absolute Gasteiger partial charge is 0.323 e. The van der Waals surface area contributed by atoms with E-state index in [9.17, 15) is 15.0 Å². The number of nitrogens with one attached hydrogen (secondary N) is 2. The Hall–Kier alpha value is -4.04. The molecule has 2 bridgehead atoms. The highest BCUT2D eigenvalue weighted by atomic mass is 16.5. The van der Waals surface area contributed by atoms with Gasteiger partial charge in [-0.3, -0.25) is 0 Å². The minimum Gasteiger partial charge on any atom is -0.394 e. The minimum absolute atomic E-state index is 0.0432. The molecule has 4 aliphatic heterocycles. The summed E-state index contributed by atoms with van der Waals surface area (Å²) in [6.45, 7) is 5.25. The Bertz CT molecular complexity index is 1470. The predicted molar refractivity (Wildman–Crippen MR) is 178 cm³/mol. The predicted octanol–water partition coefficient (Wildman–Crippen LogP) is 2.62. The zero-order chi connectivity index (χ0) is 31.6. The molecule has 0 aliphatic carbocycles. The number of likely N-dealkylation sites (N-methyl/N-ethyl adjacent to an activating group) is 1. The molecular formula is C33H43N9O4. The molecule has 0 radical (unpaired) electrons. The van der Waals surface area contributed by atoms with Crippen LogP contribution in [0.1, 0.15) is 25.7 Å². The van der Waals surface area contributed by atoms with E-state index in [-0.39, 0.29) is 43.4 Å². The van der Waals surface area contributed by atoms with Crippen LogP contribution >= 0.6 is 0 Å². The molecule has 4 N–H and O–H groups in total. The first-order valence-electron chi connectivity index (χ1n) is 16.3. The van der Waals surface area contributed by atoms with Crippen molar-refractivity contribution in [2.45, 2.75) is 49.9 Å². The SMILES string of the molecule is CN1CCN(c2ccc(NC(=O)Nc3ccc(-c4nc(N5C6CCC5COC6)nc(N5[C@H](CO)CC[C@@H]5CO)n4)cc3)cc2)CC1. The van der Waals surface area contributed by atoms with E-state index in [0.29, 0.717) is 36.6 Å². The van der Waals surface area contributed by atoms with E-state index in [4.69, 9.17) is 19.7 Å². The van der Waals surface area contributed by atoms with Crippen molar-refractivity contribution in [1.82, 2.24) is 19.9 Å². The fourth-order valence-corrected chi connectivity index (χ4v) is 7.13. The van der Waals surface area contributed by atoms with E-state index in [0.717, 1.165) is 68.8 Å². The van der Waals surface area contributed by atoms with E-state index in [1.54, 1.807) is 0 Å². The van der Waals surface area contributed by atoms with Gasteiger partial charge in [-0.05, 0) is 81.3 Å². The average molecular weight is 630 g/mol. The Morgan fingerprint density at radius 1 is 0.761 bits per heavy atom. The quantitative estimate of drug-likeness (QED) is 0.292. The molecule has 13 heteroatoms. The number of aromatic nitrogens is 3. The number of morpholine rings is 1. The summed E-state index contributed by atoms with van der Waals surface area (Å²) < 4.78 is 5.81. The van der Waals surface area contributed by atoms with Crippen LogP contribution in [0.4, 0.5) is 33.8 Å². The van der Waals surface area contributed by atoms with Crippen molar-refractivity contribution >= 4 is 35.0 Å². The maximum Gasteiger partial charge on any atom is 0.323 e. The van der Waals surface area contributed by atoms with Crippen molar-refractivity contribution < 1.29 is 19.7 Å². The summed E-state index contributed by atoms with van der Waals surface area (Å²) in [6, 6.07) is 15.1. The van der Waals surface area contributed by atoms with Crippen molar-refractivity contribution in [2.75, 3.05) is 85.0 Å². The molecule has 2 amide bonds. The van der Waals surface area contributed by atoms with Crippen LogP contribution in [-0.2, 0) is 4.74 Å². The third-order valence-electron chi connectivity index (χ3n) is 9.75. The van der Waals surface area contributed by atoms with Gasteiger partial charge in [-0.15, -0.1) is 0 Å². The maximum atomic E-state index is 12.8. The number of anilines is 5. The van der Waals surface area contributed by atoms with Gasteiger partial charge in [0.2, 0.25) is 11.9 Å². The van der Waals surface area contributed by atoms with Crippen LogP contribution in [0.25, 0.3) is 11.4 Å². The zero-order valence-corrected chi connectivity index (χ0v) is 26.3. The van der Waals surface area contributed by atoms with Crippen LogP contribution in [0.2, 0.25) is 0 Å². The lowest BCUT2D eigenvalue weighted by Crippen LogP contribution is -2.47. The number of aliphatic hydroxyl groups is 2. The van der Waals surface area contributed by atoms with Crippen LogP contribution in [0, 0.1) is 0 Å². The number of nitrogens with zero attached hydrogens (tertiary/aromatic N) is 7. The number of hydrogen-bond acceptors (Lipinski definition) is 11. The summed E-state index contributed by atoms with van der Waals surface area (Å²) in [7, 11) is 2.14. The largest absolute Gasteiger partial charge is 0.394 e. The number of carbonyl (C=O) groups is 1. The van der Waals surface area contributed by atoms with Crippen molar-refractivity contribution in [3.05, 3.63) is 48.5 Å². The second-order valence-corrected chi connectivity index (χ2v) is 12.7. The summed E-state index contributed by atoms with van der Waals surface area (Å²) >= 11 is 0. The number of amides is 2. The minimum atomic E-state index is -0.327. The van der Waals surface area contributed by atoms with Crippen LogP contribution in [0.15, 0.2) is 48.5 Å². The number of piperazine rings is 1. The first-order valence-corrected chi connectivity index (χ1v) is 16.3. The van der Waals surface area contributed by atoms with Gasteiger partial charge in [0.25, 0.3) is 0 Å². The topological polar surface area (TPSA) is 142 Å². The molecule has 4 atom stereocenters. The van der Waals surface area contributed by atoms with E-state index in [1.807, 2.05) is 53.4 Å². The number of benzene rings is 2. The van der Waals surface area contributed by atoms with Gasteiger partial charge in [0.05, 0.1) is 50.6 Å². The van der Waals surface area contributed by atoms with Gasteiger partial charge in [-0.1, -0.05) is 0 Å². The van der Waals surface area contributed by atoms with E-state index < -0.39 is 0 Å². The van der Waals surface area contributed by atoms with Crippen LogP contribution in [0.5, 0.6) is 0 Å². The molecule has 13 nitrogen and oxygen atoms in total. The lowest BCUT2D eigenvalue weighted by atomic mass is 10.2. The van der Waals surface area contributed by atoms with Gasteiger partial charge in [-0.25, -0.2) is 4.79 Å². The highest BCUT2D eigenvalue weighted by molar-refractivity contribution is 6.00. The number of fused-ring (bicyclic) bond motifs is 2. The highest BCUT2D eigenvalue weighted by Crippen LogP contribution is 2.36. The Morgan fingerprint density at radius 3 is 1.87 bits per heavy atom. The normalized spacial score (nSPS) is 24.8. The molecule has 46 heavy (non-hydrogen) atoms. The lowest BCUT2D eigenvalue weighted by Gasteiger charge is -2.36. The zero-order valence-electron chi connectivity index (χ0n) is 26.3. The fourth-order valence-electron chi connectivity index (χ4n) is 7.13. The van der Waals surface area contributed by atoms with Gasteiger partial charge < -0.3 is 45.2 Å². The second-order valence-electron chi connectivity index (χ2n) is 12.7. The monoisotopic (exact) mass is 629 g/mol. The van der Waals surface area contributed by atoms with Gasteiger partial charge in [0.15, 0.2) is 5.82 Å². The molecule has 1 aromatic heterocycles. The van der Waals surface area contributed by atoms with Gasteiger partial charge >= 0.3 is 6.03 Å². The molecule has 4 saturated heterocycles. The Morgan fingerprint density at radius 2 is 1.30 bits per heavy atom. The molecule has 244 valence electrons. The first-order chi connectivity index (χ1) is 22.5. The molecule has 5 heterocycles. The summed E-state index contributed by atoms with van der Waals surface area (Å²) in [5.74, 6) is 1.56. The fraction of sp³-hybridized carbons (Fsp3) is 0.515. The van der Waals surface area contributed by atoms with E-state index in [1.165, 1.54) is 0 Å². The van der Waals surface area contributed by atoms with Crippen LogP contribution < -0.4 is 25.3 Å². The number of rotatable bonds is 8. The maximum absolute atomic E-state index is 12.8. The number of ether oxygens (including phenoxy) is 1. The Labute approximate surface area is 269 Å². The molecule has 4 fully saturated rings. The number of hydrogen-bond donors (Lipinski definition) is 4. The average Bonchev–Trinajstić information content (AvgIpc) is 3.62. The van der Waals surface area contributed by atoms with Crippen LogP contribution in [0.3, 0.4) is 0 Å². The second kappa shape index (κ2) is 13.4. The Balaban J connectivity index is 1.07. The van der Waals surface area contributed by atoms with Gasteiger partial charge in [0.1, 0.15) is 0 Å². The summed E-state index contributed by atoms with van der Waals surface area (Å²) in [6.07, 6.45) is 3.55. The van der Waals surface area contributed by atoms with Crippen molar-refractivity contribution in [3.8, 4) is 11.4 Å². The summed E-state index contributed by atoms with van der Waals surface area (Å²) in [5.41, 5.74) is 3.29. The molecule has 0 spiro atoms. The molecule has 4 aliphatic rings.